The largest absolute Gasteiger partial charge is 0.374 e. The molecule has 0 aliphatic rings. The van der Waals surface area contributed by atoms with E-state index in [1.54, 1.807) is 40.2 Å². The van der Waals surface area contributed by atoms with Crippen molar-refractivity contribution in [1.82, 2.24) is 15.2 Å². The van der Waals surface area contributed by atoms with Gasteiger partial charge in [-0.2, -0.15) is 0 Å². The topological polar surface area (TPSA) is 74.3 Å². The molecule has 0 fully saturated rings. The van der Waals surface area contributed by atoms with E-state index in [0.29, 0.717) is 11.4 Å². The first-order chi connectivity index (χ1) is 8.45. The maximum Gasteiger partial charge on any atom is 0.269 e. The summed E-state index contributed by atoms with van der Waals surface area (Å²) in [5.74, 6) is -0.293. The van der Waals surface area contributed by atoms with E-state index in [0.717, 1.165) is 0 Å². The van der Waals surface area contributed by atoms with E-state index in [4.69, 9.17) is 0 Å². The highest BCUT2D eigenvalue weighted by Crippen LogP contribution is 2.10. The number of pyridine rings is 1. The molecule has 0 saturated heterocycles. The first kappa shape index (κ1) is 14.0. The summed E-state index contributed by atoms with van der Waals surface area (Å²) in [6.07, 6.45) is 1.53. The number of likely N-dealkylation sites (N-methyl/N-ethyl adjacent to an activating group) is 1. The Morgan fingerprint density at radius 2 is 2.06 bits per heavy atom. The van der Waals surface area contributed by atoms with Gasteiger partial charge in [-0.25, -0.2) is 0 Å². The van der Waals surface area contributed by atoms with E-state index in [1.165, 1.54) is 11.1 Å². The first-order valence-electron chi connectivity index (χ1n) is 5.61. The van der Waals surface area contributed by atoms with E-state index in [1.807, 2.05) is 0 Å². The minimum absolute atomic E-state index is 0.0340. The summed E-state index contributed by atoms with van der Waals surface area (Å²) in [5.41, 5.74) is 0.998. The number of carbonyl (C=O) groups is 2. The second-order valence-electron chi connectivity index (χ2n) is 4.11. The quantitative estimate of drug-likeness (QED) is 0.807. The Bertz CT molecular complexity index is 445. The number of amides is 2. The fraction of sp³-hybridized carbons (Fsp3) is 0.417. The van der Waals surface area contributed by atoms with E-state index in [2.05, 4.69) is 15.6 Å². The Kier molecular flexibility index (Phi) is 4.65. The van der Waals surface area contributed by atoms with E-state index in [-0.39, 0.29) is 17.9 Å². The van der Waals surface area contributed by atoms with Crippen LogP contribution in [-0.4, -0.2) is 48.9 Å². The molecule has 0 bridgehead atoms. The average molecular weight is 250 g/mol. The van der Waals surface area contributed by atoms with Gasteiger partial charge in [-0.3, -0.25) is 14.6 Å². The van der Waals surface area contributed by atoms with Crippen LogP contribution in [-0.2, 0) is 4.79 Å². The van der Waals surface area contributed by atoms with Gasteiger partial charge in [-0.05, 0) is 19.1 Å². The van der Waals surface area contributed by atoms with Crippen molar-refractivity contribution in [3.05, 3.63) is 24.0 Å². The van der Waals surface area contributed by atoms with Crippen molar-refractivity contribution < 1.29 is 9.59 Å². The number of rotatable bonds is 4. The van der Waals surface area contributed by atoms with Gasteiger partial charge in [0.15, 0.2) is 0 Å². The first-order valence-corrected chi connectivity index (χ1v) is 5.61. The van der Waals surface area contributed by atoms with Gasteiger partial charge in [0.2, 0.25) is 5.91 Å². The molecule has 1 rings (SSSR count). The molecule has 0 radical (unpaired) electrons. The second-order valence-corrected chi connectivity index (χ2v) is 4.11. The lowest BCUT2D eigenvalue weighted by Gasteiger charge is -2.19. The van der Waals surface area contributed by atoms with Gasteiger partial charge in [0.25, 0.3) is 5.91 Å². The smallest absolute Gasteiger partial charge is 0.269 e. The lowest BCUT2D eigenvalue weighted by atomic mass is 10.2. The predicted molar refractivity (Wildman–Crippen MR) is 69.4 cm³/mol. The van der Waals surface area contributed by atoms with Crippen molar-refractivity contribution in [3.63, 3.8) is 0 Å². The van der Waals surface area contributed by atoms with Crippen LogP contribution < -0.4 is 10.6 Å². The van der Waals surface area contributed by atoms with Crippen molar-refractivity contribution >= 4 is 17.5 Å². The van der Waals surface area contributed by atoms with Gasteiger partial charge >= 0.3 is 0 Å². The molecule has 6 heteroatoms. The Morgan fingerprint density at radius 3 is 2.61 bits per heavy atom. The van der Waals surface area contributed by atoms with Crippen molar-refractivity contribution in [3.8, 4) is 0 Å². The average Bonchev–Trinajstić information content (AvgIpc) is 2.36. The molecule has 2 N–H and O–H groups in total. The molecule has 1 unspecified atom stereocenters. The zero-order chi connectivity index (χ0) is 13.7. The van der Waals surface area contributed by atoms with Crippen LogP contribution in [0.4, 0.5) is 5.69 Å². The van der Waals surface area contributed by atoms with Crippen LogP contribution in [0.25, 0.3) is 0 Å². The monoisotopic (exact) mass is 250 g/mol. The van der Waals surface area contributed by atoms with Crippen molar-refractivity contribution in [2.75, 3.05) is 26.5 Å². The lowest BCUT2D eigenvalue weighted by Crippen LogP contribution is -2.36. The number of aromatic nitrogens is 1. The fourth-order valence-corrected chi connectivity index (χ4v) is 1.47. The van der Waals surface area contributed by atoms with Crippen LogP contribution in [0, 0.1) is 0 Å². The SMILES string of the molecule is CNC(=O)c1cc(NC(C)C(=O)N(C)C)ccn1. The molecule has 6 nitrogen and oxygen atoms in total. The molecule has 2 amide bonds. The second kappa shape index (κ2) is 6.00. The summed E-state index contributed by atoms with van der Waals surface area (Å²) in [6.45, 7) is 1.77. The third kappa shape index (κ3) is 3.44. The van der Waals surface area contributed by atoms with Crippen LogP contribution >= 0.6 is 0 Å². The summed E-state index contributed by atoms with van der Waals surface area (Å²) >= 11 is 0. The number of nitrogens with one attached hydrogen (secondary N) is 2. The minimum Gasteiger partial charge on any atom is -0.374 e. The number of anilines is 1. The minimum atomic E-state index is -0.361. The molecular weight excluding hydrogens is 232 g/mol. The number of nitrogens with zero attached hydrogens (tertiary/aromatic N) is 2. The maximum absolute atomic E-state index is 11.7. The molecule has 1 aromatic heterocycles. The van der Waals surface area contributed by atoms with Gasteiger partial charge in [0.05, 0.1) is 0 Å². The molecular formula is C12H18N4O2. The molecule has 0 spiro atoms. The number of carbonyl (C=O) groups excluding carboxylic acids is 2. The molecule has 1 heterocycles. The molecule has 18 heavy (non-hydrogen) atoms. The van der Waals surface area contributed by atoms with Crippen LogP contribution in [0.5, 0.6) is 0 Å². The van der Waals surface area contributed by atoms with Gasteiger partial charge in [0.1, 0.15) is 11.7 Å². The summed E-state index contributed by atoms with van der Waals surface area (Å²) in [5, 5.41) is 5.53. The maximum atomic E-state index is 11.7. The molecule has 1 aromatic rings. The highest BCUT2D eigenvalue weighted by molar-refractivity contribution is 5.93. The van der Waals surface area contributed by atoms with Crippen molar-refractivity contribution in [2.24, 2.45) is 0 Å². The van der Waals surface area contributed by atoms with E-state index < -0.39 is 0 Å². The van der Waals surface area contributed by atoms with Gasteiger partial charge in [-0.15, -0.1) is 0 Å². The highest BCUT2D eigenvalue weighted by atomic mass is 16.2. The van der Waals surface area contributed by atoms with Gasteiger partial charge < -0.3 is 15.5 Å². The van der Waals surface area contributed by atoms with Gasteiger partial charge in [0, 0.05) is 33.0 Å². The van der Waals surface area contributed by atoms with Crippen LogP contribution in [0.15, 0.2) is 18.3 Å². The third-order valence-corrected chi connectivity index (χ3v) is 2.41. The van der Waals surface area contributed by atoms with Crippen molar-refractivity contribution in [1.29, 1.82) is 0 Å². The molecule has 0 aliphatic heterocycles. The Labute approximate surface area is 106 Å². The van der Waals surface area contributed by atoms with E-state index in [9.17, 15) is 9.59 Å². The molecule has 0 aromatic carbocycles. The molecule has 98 valence electrons. The highest BCUT2D eigenvalue weighted by Gasteiger charge is 2.15. The summed E-state index contributed by atoms with van der Waals surface area (Å²) in [7, 11) is 4.94. The van der Waals surface area contributed by atoms with E-state index >= 15 is 0 Å². The Balaban J connectivity index is 2.79. The van der Waals surface area contributed by atoms with Crippen molar-refractivity contribution in [2.45, 2.75) is 13.0 Å². The normalized spacial score (nSPS) is 11.6. The summed E-state index contributed by atoms with van der Waals surface area (Å²) < 4.78 is 0. The predicted octanol–water partition coefficient (Wildman–Crippen LogP) is 0.330. The summed E-state index contributed by atoms with van der Waals surface area (Å²) in [4.78, 5) is 28.6. The van der Waals surface area contributed by atoms with Gasteiger partial charge in [-0.1, -0.05) is 0 Å². The molecule has 0 aliphatic carbocycles. The van der Waals surface area contributed by atoms with Crippen LogP contribution in [0.3, 0.4) is 0 Å². The van der Waals surface area contributed by atoms with Crippen LogP contribution in [0.2, 0.25) is 0 Å². The molecule has 0 saturated carbocycles. The zero-order valence-corrected chi connectivity index (χ0v) is 11.0. The third-order valence-electron chi connectivity index (χ3n) is 2.41. The summed E-state index contributed by atoms with van der Waals surface area (Å²) in [6, 6.07) is 2.96. The lowest BCUT2D eigenvalue weighted by molar-refractivity contribution is -0.129. The zero-order valence-electron chi connectivity index (χ0n) is 11.0. The Morgan fingerprint density at radius 1 is 1.39 bits per heavy atom. The van der Waals surface area contributed by atoms with Crippen LogP contribution in [0.1, 0.15) is 17.4 Å². The number of hydrogen-bond donors (Lipinski definition) is 2. The fourth-order valence-electron chi connectivity index (χ4n) is 1.47. The Hall–Kier alpha value is -2.11. The standard InChI is InChI=1S/C12H18N4O2/c1-8(12(18)16(3)4)15-9-5-6-14-10(7-9)11(17)13-2/h5-8H,1-4H3,(H,13,17)(H,14,15). The molecule has 1 atom stereocenters. The number of hydrogen-bond acceptors (Lipinski definition) is 4.